The number of benzene rings is 1. The summed E-state index contributed by atoms with van der Waals surface area (Å²) in [5.41, 5.74) is 1.29. The summed E-state index contributed by atoms with van der Waals surface area (Å²) in [7, 11) is 1.27. The second-order valence-electron chi connectivity index (χ2n) is 7.08. The van der Waals surface area contributed by atoms with Gasteiger partial charge in [-0.25, -0.2) is 0 Å². The van der Waals surface area contributed by atoms with E-state index in [4.69, 9.17) is 9.47 Å². The molecule has 0 aliphatic carbocycles. The number of ketones is 1. The molecule has 1 aromatic rings. The van der Waals surface area contributed by atoms with Gasteiger partial charge in [-0.15, -0.1) is 0 Å². The molecule has 1 atom stereocenters. The number of ether oxygens (including phenoxy) is 2. The average molecular weight is 375 g/mol. The van der Waals surface area contributed by atoms with Crippen molar-refractivity contribution >= 4 is 17.7 Å². The van der Waals surface area contributed by atoms with Crippen molar-refractivity contribution in [3.8, 4) is 0 Å². The standard InChI is InChI=1S/C21H29NO5/c1-16(23)27-13-10-19(21(25)26-2)20(24)14-17-8-11-22(12-9-17)15-18-6-4-3-5-7-18/h3-7,17,19H,8-15H2,1-2H3. The highest BCUT2D eigenvalue weighted by molar-refractivity contribution is 5.99. The Bertz CT molecular complexity index is 623. The zero-order valence-electron chi connectivity index (χ0n) is 16.2. The first-order valence-electron chi connectivity index (χ1n) is 9.49. The molecule has 1 aliphatic heterocycles. The molecular weight excluding hydrogens is 346 g/mol. The molecule has 1 saturated heterocycles. The van der Waals surface area contributed by atoms with Crippen LogP contribution in [0.1, 0.15) is 38.2 Å². The molecule has 0 bridgehead atoms. The number of likely N-dealkylation sites (tertiary alicyclic amines) is 1. The monoisotopic (exact) mass is 375 g/mol. The maximum Gasteiger partial charge on any atom is 0.316 e. The van der Waals surface area contributed by atoms with Gasteiger partial charge in [-0.3, -0.25) is 19.3 Å². The highest BCUT2D eigenvalue weighted by atomic mass is 16.5. The molecular formula is C21H29NO5. The van der Waals surface area contributed by atoms with E-state index in [9.17, 15) is 14.4 Å². The Morgan fingerprint density at radius 1 is 1.15 bits per heavy atom. The Labute approximate surface area is 160 Å². The van der Waals surface area contributed by atoms with Crippen LogP contribution >= 0.6 is 0 Å². The zero-order chi connectivity index (χ0) is 19.6. The fourth-order valence-electron chi connectivity index (χ4n) is 3.49. The molecule has 2 rings (SSSR count). The van der Waals surface area contributed by atoms with E-state index < -0.39 is 17.9 Å². The summed E-state index contributed by atoms with van der Waals surface area (Å²) in [5, 5.41) is 0. The highest BCUT2D eigenvalue weighted by Gasteiger charge is 2.30. The lowest BCUT2D eigenvalue weighted by molar-refractivity contribution is -0.152. The topological polar surface area (TPSA) is 72.9 Å². The fraction of sp³-hybridized carbons (Fsp3) is 0.571. The van der Waals surface area contributed by atoms with Crippen molar-refractivity contribution in [3.63, 3.8) is 0 Å². The first kappa shape index (κ1) is 21.1. The average Bonchev–Trinajstić information content (AvgIpc) is 2.66. The molecule has 1 aliphatic rings. The summed E-state index contributed by atoms with van der Waals surface area (Å²) in [5.74, 6) is -1.65. The Balaban J connectivity index is 1.80. The number of nitrogens with zero attached hydrogens (tertiary/aromatic N) is 1. The molecule has 0 spiro atoms. The van der Waals surface area contributed by atoms with E-state index in [0.29, 0.717) is 6.42 Å². The smallest absolute Gasteiger partial charge is 0.316 e. The van der Waals surface area contributed by atoms with Gasteiger partial charge < -0.3 is 9.47 Å². The number of methoxy groups -OCH3 is 1. The Hall–Kier alpha value is -2.21. The molecule has 1 unspecified atom stereocenters. The van der Waals surface area contributed by atoms with Crippen molar-refractivity contribution in [2.24, 2.45) is 11.8 Å². The maximum atomic E-state index is 12.6. The summed E-state index contributed by atoms with van der Waals surface area (Å²) in [6.45, 7) is 4.18. The van der Waals surface area contributed by atoms with Gasteiger partial charge in [0.05, 0.1) is 13.7 Å². The van der Waals surface area contributed by atoms with E-state index in [1.807, 2.05) is 18.2 Å². The number of rotatable bonds is 9. The van der Waals surface area contributed by atoms with Crippen LogP contribution in [-0.4, -0.2) is 49.4 Å². The number of esters is 2. The number of carbonyl (C=O) groups excluding carboxylic acids is 3. The van der Waals surface area contributed by atoms with Crippen molar-refractivity contribution in [3.05, 3.63) is 35.9 Å². The Morgan fingerprint density at radius 2 is 1.81 bits per heavy atom. The van der Waals surface area contributed by atoms with Crippen LogP contribution in [0.15, 0.2) is 30.3 Å². The van der Waals surface area contributed by atoms with Crippen molar-refractivity contribution in [1.29, 1.82) is 0 Å². The van der Waals surface area contributed by atoms with Crippen molar-refractivity contribution in [2.75, 3.05) is 26.8 Å². The van der Waals surface area contributed by atoms with E-state index >= 15 is 0 Å². The van der Waals surface area contributed by atoms with Gasteiger partial charge >= 0.3 is 11.9 Å². The molecule has 0 saturated carbocycles. The molecule has 1 aromatic carbocycles. The summed E-state index contributed by atoms with van der Waals surface area (Å²) >= 11 is 0. The van der Waals surface area contributed by atoms with Crippen LogP contribution in [0.4, 0.5) is 0 Å². The molecule has 1 heterocycles. The number of hydrogen-bond donors (Lipinski definition) is 0. The van der Waals surface area contributed by atoms with E-state index in [-0.39, 0.29) is 24.7 Å². The third-order valence-electron chi connectivity index (χ3n) is 5.03. The Kier molecular flexibility index (Phi) is 8.45. The predicted octanol–water partition coefficient (Wildman–Crippen LogP) is 2.60. The van der Waals surface area contributed by atoms with Crippen LogP contribution in [-0.2, 0) is 30.4 Å². The Morgan fingerprint density at radius 3 is 2.41 bits per heavy atom. The molecule has 148 valence electrons. The van der Waals surface area contributed by atoms with Gasteiger partial charge in [-0.05, 0) is 37.4 Å². The van der Waals surface area contributed by atoms with Crippen LogP contribution in [0.25, 0.3) is 0 Å². The highest BCUT2D eigenvalue weighted by Crippen LogP contribution is 2.24. The van der Waals surface area contributed by atoms with E-state index in [1.165, 1.54) is 19.6 Å². The third kappa shape index (κ3) is 7.13. The van der Waals surface area contributed by atoms with E-state index in [0.717, 1.165) is 32.5 Å². The minimum Gasteiger partial charge on any atom is -0.468 e. The van der Waals surface area contributed by atoms with Gasteiger partial charge in [0.25, 0.3) is 0 Å². The molecule has 6 nitrogen and oxygen atoms in total. The van der Waals surface area contributed by atoms with Gasteiger partial charge in [-0.1, -0.05) is 30.3 Å². The predicted molar refractivity (Wildman–Crippen MR) is 101 cm³/mol. The van der Waals surface area contributed by atoms with Crippen LogP contribution in [0.5, 0.6) is 0 Å². The molecule has 0 N–H and O–H groups in total. The van der Waals surface area contributed by atoms with Crippen LogP contribution < -0.4 is 0 Å². The van der Waals surface area contributed by atoms with E-state index in [2.05, 4.69) is 17.0 Å². The third-order valence-corrected chi connectivity index (χ3v) is 5.03. The molecule has 1 fully saturated rings. The quantitative estimate of drug-likeness (QED) is 0.488. The minimum absolute atomic E-state index is 0.0519. The summed E-state index contributed by atoms with van der Waals surface area (Å²) < 4.78 is 9.63. The van der Waals surface area contributed by atoms with Crippen molar-refractivity contribution in [1.82, 2.24) is 4.90 Å². The minimum atomic E-state index is -0.850. The molecule has 6 heteroatoms. The lowest BCUT2D eigenvalue weighted by Crippen LogP contribution is -2.35. The lowest BCUT2D eigenvalue weighted by atomic mass is 9.86. The fourth-order valence-corrected chi connectivity index (χ4v) is 3.49. The zero-order valence-corrected chi connectivity index (χ0v) is 16.2. The summed E-state index contributed by atoms with van der Waals surface area (Å²) in [4.78, 5) is 37.8. The summed E-state index contributed by atoms with van der Waals surface area (Å²) in [6, 6.07) is 10.4. The largest absolute Gasteiger partial charge is 0.468 e. The van der Waals surface area contributed by atoms with Crippen LogP contribution in [0, 0.1) is 11.8 Å². The molecule has 27 heavy (non-hydrogen) atoms. The van der Waals surface area contributed by atoms with Crippen LogP contribution in [0.3, 0.4) is 0 Å². The molecule has 0 amide bonds. The van der Waals surface area contributed by atoms with Gasteiger partial charge in [-0.2, -0.15) is 0 Å². The number of Topliss-reactive ketones (excluding diaryl/α,β-unsaturated/α-hetero) is 1. The first-order valence-corrected chi connectivity index (χ1v) is 9.49. The van der Waals surface area contributed by atoms with Gasteiger partial charge in [0.1, 0.15) is 11.7 Å². The second-order valence-corrected chi connectivity index (χ2v) is 7.08. The number of carbonyl (C=O) groups is 3. The second kappa shape index (κ2) is 10.8. The van der Waals surface area contributed by atoms with Crippen molar-refractivity contribution < 1.29 is 23.9 Å². The normalized spacial score (nSPS) is 16.5. The van der Waals surface area contributed by atoms with E-state index in [1.54, 1.807) is 0 Å². The molecule has 0 aromatic heterocycles. The SMILES string of the molecule is COC(=O)C(CCOC(C)=O)C(=O)CC1CCN(Cc2ccccc2)CC1. The van der Waals surface area contributed by atoms with Gasteiger partial charge in [0, 0.05) is 26.3 Å². The van der Waals surface area contributed by atoms with Gasteiger partial charge in [0.15, 0.2) is 0 Å². The first-order chi connectivity index (χ1) is 13.0. The number of hydrogen-bond acceptors (Lipinski definition) is 6. The van der Waals surface area contributed by atoms with Crippen LogP contribution in [0.2, 0.25) is 0 Å². The van der Waals surface area contributed by atoms with Crippen molar-refractivity contribution in [2.45, 2.75) is 39.2 Å². The van der Waals surface area contributed by atoms with Gasteiger partial charge in [0.2, 0.25) is 0 Å². The maximum absolute atomic E-state index is 12.6. The number of piperidine rings is 1. The summed E-state index contributed by atoms with van der Waals surface area (Å²) in [6.07, 6.45) is 2.43. The molecule has 0 radical (unpaired) electrons. The lowest BCUT2D eigenvalue weighted by Gasteiger charge is -2.32.